The molecule has 0 radical (unpaired) electrons. The van der Waals surface area contributed by atoms with Gasteiger partial charge in [-0.05, 0) is 61.7 Å². The highest BCUT2D eigenvalue weighted by molar-refractivity contribution is 7.99. The first-order valence-corrected chi connectivity index (χ1v) is 12.8. The number of ether oxygens (including phenoxy) is 1. The number of esters is 1. The van der Waals surface area contributed by atoms with E-state index in [4.69, 9.17) is 27.9 Å². The third-order valence-electron chi connectivity index (χ3n) is 5.92. The lowest BCUT2D eigenvalue weighted by molar-refractivity contribution is -0.150. The van der Waals surface area contributed by atoms with Gasteiger partial charge in [0.25, 0.3) is 0 Å². The number of carbonyl (C=O) groups excluding carboxylic acids is 2. The number of amides is 1. The summed E-state index contributed by atoms with van der Waals surface area (Å²) >= 11 is 14.7. The topological polar surface area (TPSA) is 51.5 Å². The number of piperidine rings is 1. The number of rotatable bonds is 6. The highest BCUT2D eigenvalue weighted by Crippen LogP contribution is 2.40. The summed E-state index contributed by atoms with van der Waals surface area (Å²) in [5.41, 5.74) is 1.84. The molecule has 178 valence electrons. The number of aryl methyl sites for hydroxylation is 1. The summed E-state index contributed by atoms with van der Waals surface area (Å²) in [6, 6.07) is 12.1. The number of likely N-dealkylation sites (tertiary alicyclic amines) is 1. The molecular weight excluding hydrogens is 491 g/mol. The molecule has 1 saturated heterocycles. The zero-order valence-electron chi connectivity index (χ0n) is 19.1. The normalized spacial score (nSPS) is 16.4. The zero-order chi connectivity index (χ0) is 24.2. The van der Waals surface area contributed by atoms with E-state index in [1.807, 2.05) is 25.4 Å². The summed E-state index contributed by atoms with van der Waals surface area (Å²) in [5.74, 6) is -0.662. The molecule has 0 N–H and O–H groups in total. The van der Waals surface area contributed by atoms with E-state index in [-0.39, 0.29) is 17.8 Å². The van der Waals surface area contributed by atoms with Gasteiger partial charge in [0, 0.05) is 53.1 Å². The van der Waals surface area contributed by atoms with Gasteiger partial charge in [0.05, 0.1) is 22.6 Å². The van der Waals surface area contributed by atoms with Crippen molar-refractivity contribution < 1.29 is 14.3 Å². The molecule has 0 aliphatic carbocycles. The van der Waals surface area contributed by atoms with E-state index in [0.29, 0.717) is 35.3 Å². The van der Waals surface area contributed by atoms with Crippen LogP contribution in [0.15, 0.2) is 58.5 Å². The quantitative estimate of drug-likeness (QED) is 0.279. The van der Waals surface area contributed by atoms with Gasteiger partial charge in [-0.1, -0.05) is 41.0 Å². The molecule has 8 heteroatoms. The Morgan fingerprint density at radius 3 is 2.79 bits per heavy atom. The summed E-state index contributed by atoms with van der Waals surface area (Å²) in [6.45, 7) is 3.12. The number of hydrogen-bond acceptors (Lipinski definition) is 4. The molecular formula is C26H26Cl2N2O3S. The van der Waals surface area contributed by atoms with E-state index < -0.39 is 0 Å². The van der Waals surface area contributed by atoms with Crippen molar-refractivity contribution in [2.24, 2.45) is 13.0 Å². The summed E-state index contributed by atoms with van der Waals surface area (Å²) in [5, 5.41) is 2.02. The molecule has 1 atom stereocenters. The molecule has 1 aliphatic rings. The summed E-state index contributed by atoms with van der Waals surface area (Å²) < 4.78 is 7.19. The highest BCUT2D eigenvalue weighted by Gasteiger charge is 2.28. The minimum absolute atomic E-state index is 0.157. The van der Waals surface area contributed by atoms with Crippen molar-refractivity contribution in [1.82, 2.24) is 9.47 Å². The van der Waals surface area contributed by atoms with Crippen LogP contribution in [0.5, 0.6) is 0 Å². The maximum Gasteiger partial charge on any atom is 0.310 e. The Kier molecular flexibility index (Phi) is 7.91. The van der Waals surface area contributed by atoms with Crippen LogP contribution < -0.4 is 0 Å². The average Bonchev–Trinajstić information content (AvgIpc) is 3.21. The van der Waals surface area contributed by atoms with Crippen LogP contribution >= 0.6 is 35.0 Å². The van der Waals surface area contributed by atoms with E-state index in [1.54, 1.807) is 29.7 Å². The number of halogens is 2. The van der Waals surface area contributed by atoms with Crippen molar-refractivity contribution in [1.29, 1.82) is 0 Å². The predicted molar refractivity (Wildman–Crippen MR) is 138 cm³/mol. The van der Waals surface area contributed by atoms with Crippen LogP contribution in [0.4, 0.5) is 0 Å². The van der Waals surface area contributed by atoms with Crippen LogP contribution in [0.2, 0.25) is 10.0 Å². The van der Waals surface area contributed by atoms with Gasteiger partial charge in [0.15, 0.2) is 0 Å². The van der Waals surface area contributed by atoms with Crippen LogP contribution in [0.3, 0.4) is 0 Å². The van der Waals surface area contributed by atoms with E-state index in [1.165, 1.54) is 11.6 Å². The molecule has 5 nitrogen and oxygen atoms in total. The molecule has 34 heavy (non-hydrogen) atoms. The molecule has 1 aromatic heterocycles. The minimum Gasteiger partial charge on any atom is -0.466 e. The Bertz CT molecular complexity index is 1250. The number of aromatic nitrogens is 1. The maximum atomic E-state index is 12.7. The van der Waals surface area contributed by atoms with E-state index >= 15 is 0 Å². The van der Waals surface area contributed by atoms with Crippen LogP contribution in [0.1, 0.15) is 25.3 Å². The van der Waals surface area contributed by atoms with Gasteiger partial charge in [-0.3, -0.25) is 9.59 Å². The van der Waals surface area contributed by atoms with Gasteiger partial charge in [0.1, 0.15) is 0 Å². The van der Waals surface area contributed by atoms with Gasteiger partial charge in [-0.2, -0.15) is 0 Å². The first kappa shape index (κ1) is 24.7. The molecule has 2 aromatic carbocycles. The molecule has 0 bridgehead atoms. The Morgan fingerprint density at radius 1 is 1.18 bits per heavy atom. The third kappa shape index (κ3) is 5.45. The number of carbonyl (C=O) groups is 2. The molecule has 2 heterocycles. The molecule has 0 spiro atoms. The van der Waals surface area contributed by atoms with Crippen molar-refractivity contribution in [2.45, 2.75) is 29.6 Å². The van der Waals surface area contributed by atoms with Gasteiger partial charge >= 0.3 is 5.97 Å². The number of benzene rings is 2. The first-order chi connectivity index (χ1) is 16.4. The first-order valence-electron chi connectivity index (χ1n) is 11.2. The van der Waals surface area contributed by atoms with Crippen LogP contribution in [0, 0.1) is 5.92 Å². The largest absolute Gasteiger partial charge is 0.466 e. The van der Waals surface area contributed by atoms with E-state index in [9.17, 15) is 9.59 Å². The monoisotopic (exact) mass is 516 g/mol. The van der Waals surface area contributed by atoms with E-state index in [0.717, 1.165) is 28.0 Å². The second-order valence-electron chi connectivity index (χ2n) is 8.24. The number of nitrogens with zero attached hydrogens (tertiary/aromatic N) is 2. The van der Waals surface area contributed by atoms with Crippen LogP contribution in [-0.4, -0.2) is 41.0 Å². The number of fused-ring (bicyclic) bond motifs is 1. The molecule has 1 amide bonds. The van der Waals surface area contributed by atoms with Gasteiger partial charge in [-0.25, -0.2) is 0 Å². The van der Waals surface area contributed by atoms with Crippen LogP contribution in [0.25, 0.3) is 17.0 Å². The molecule has 4 rings (SSSR count). The lowest BCUT2D eigenvalue weighted by atomic mass is 9.98. The molecule has 1 unspecified atom stereocenters. The fraction of sp³-hybridized carbons (Fsp3) is 0.308. The van der Waals surface area contributed by atoms with Crippen molar-refractivity contribution >= 4 is 63.8 Å². The molecule has 0 saturated carbocycles. The van der Waals surface area contributed by atoms with Crippen molar-refractivity contribution in [3.63, 3.8) is 0 Å². The predicted octanol–water partition coefficient (Wildman–Crippen LogP) is 6.45. The second kappa shape index (κ2) is 10.9. The lowest BCUT2D eigenvalue weighted by Crippen LogP contribution is -2.42. The minimum atomic E-state index is -0.268. The molecule has 3 aromatic rings. The Labute approximate surface area is 213 Å². The summed E-state index contributed by atoms with van der Waals surface area (Å²) in [7, 11) is 2.02. The van der Waals surface area contributed by atoms with Gasteiger partial charge < -0.3 is 14.2 Å². The van der Waals surface area contributed by atoms with Gasteiger partial charge in [0.2, 0.25) is 5.91 Å². The zero-order valence-corrected chi connectivity index (χ0v) is 21.4. The van der Waals surface area contributed by atoms with Crippen molar-refractivity contribution in [3.8, 4) is 0 Å². The van der Waals surface area contributed by atoms with Crippen molar-refractivity contribution in [2.75, 3.05) is 19.7 Å². The number of hydrogen-bond donors (Lipinski definition) is 0. The van der Waals surface area contributed by atoms with E-state index in [2.05, 4.69) is 28.8 Å². The molecule has 1 aliphatic heterocycles. The fourth-order valence-corrected chi connectivity index (χ4v) is 5.58. The standard InChI is InChI=1S/C26H26Cl2N2O3S/c1-3-33-26(32)19-5-4-13-30(16-19)23(31)11-7-17-6-10-22(25(28)24(17)27)34-20-8-9-21-18(15-20)12-14-29(21)2/h6-12,14-15,19H,3-5,13,16H2,1-2H3. The third-order valence-corrected chi connectivity index (χ3v) is 7.98. The Morgan fingerprint density at radius 2 is 2.00 bits per heavy atom. The van der Waals surface area contributed by atoms with Crippen LogP contribution in [-0.2, 0) is 21.4 Å². The summed E-state index contributed by atoms with van der Waals surface area (Å²) in [4.78, 5) is 28.4. The fourth-order valence-electron chi connectivity index (χ4n) is 4.10. The smallest absolute Gasteiger partial charge is 0.310 e. The van der Waals surface area contributed by atoms with Gasteiger partial charge in [-0.15, -0.1) is 0 Å². The SMILES string of the molecule is CCOC(=O)C1CCCN(C(=O)C=Cc2ccc(Sc3ccc4c(ccn4C)c3)c(Cl)c2Cl)C1. The van der Waals surface area contributed by atoms with Crippen molar-refractivity contribution in [3.05, 3.63) is 64.3 Å². The average molecular weight is 517 g/mol. The molecule has 1 fully saturated rings. The lowest BCUT2D eigenvalue weighted by Gasteiger charge is -2.30. The summed E-state index contributed by atoms with van der Waals surface area (Å²) in [6.07, 6.45) is 6.71. The highest BCUT2D eigenvalue weighted by atomic mass is 35.5. The Balaban J connectivity index is 1.44. The maximum absolute atomic E-state index is 12.7. The second-order valence-corrected chi connectivity index (χ2v) is 10.1. The Hall–Kier alpha value is -2.41.